The van der Waals surface area contributed by atoms with E-state index in [0.717, 1.165) is 5.56 Å². The van der Waals surface area contributed by atoms with Gasteiger partial charge in [0.15, 0.2) is 0 Å². The lowest BCUT2D eigenvalue weighted by atomic mass is 10.0. The smallest absolute Gasteiger partial charge is 0.254 e. The first kappa shape index (κ1) is 17.2. The van der Waals surface area contributed by atoms with Crippen LogP contribution < -0.4 is 21.1 Å². The molecule has 2 atom stereocenters. The lowest BCUT2D eigenvalue weighted by Gasteiger charge is -2.27. The molecular weight excluding hydrogens is 325 g/mol. The van der Waals surface area contributed by atoms with E-state index >= 15 is 0 Å². The second-order valence-electron chi connectivity index (χ2n) is 6.22. The number of nitrogens with zero attached hydrogens (tertiary/aromatic N) is 2. The van der Waals surface area contributed by atoms with E-state index in [-0.39, 0.29) is 17.8 Å². The molecule has 0 aliphatic carbocycles. The van der Waals surface area contributed by atoms with E-state index in [2.05, 4.69) is 15.7 Å². The summed E-state index contributed by atoms with van der Waals surface area (Å²) in [6.07, 6.45) is 1.49. The summed E-state index contributed by atoms with van der Waals surface area (Å²) < 4.78 is 20.6. The topological polar surface area (TPSA) is 94.2 Å². The van der Waals surface area contributed by atoms with Crippen molar-refractivity contribution in [2.75, 3.05) is 25.5 Å². The molecule has 0 bridgehead atoms. The minimum atomic E-state index is -0.489. The summed E-state index contributed by atoms with van der Waals surface area (Å²) in [5.41, 5.74) is 6.52. The van der Waals surface area contributed by atoms with Crippen molar-refractivity contribution in [3.05, 3.63) is 41.3 Å². The third-order valence-electron chi connectivity index (χ3n) is 4.47. The van der Waals surface area contributed by atoms with E-state index in [1.54, 1.807) is 17.9 Å². The Balaban J connectivity index is 1.63. The van der Waals surface area contributed by atoms with Gasteiger partial charge in [0.05, 0.1) is 13.3 Å². The summed E-state index contributed by atoms with van der Waals surface area (Å²) in [6.45, 7) is 4.05. The number of carbonyl (C=O) groups is 1. The number of fused-ring (bicyclic) bond motifs is 1. The van der Waals surface area contributed by atoms with E-state index in [1.165, 1.54) is 18.3 Å². The Morgan fingerprint density at radius 3 is 3.12 bits per heavy atom. The van der Waals surface area contributed by atoms with Gasteiger partial charge < -0.3 is 21.1 Å². The quantitative estimate of drug-likeness (QED) is 0.737. The fraction of sp³-hybridized carbons (Fsp3) is 0.412. The van der Waals surface area contributed by atoms with Crippen LogP contribution in [-0.4, -0.2) is 35.9 Å². The average molecular weight is 347 g/mol. The number of methoxy groups -OCH3 is 1. The Labute approximate surface area is 145 Å². The van der Waals surface area contributed by atoms with Crippen molar-refractivity contribution < 1.29 is 13.9 Å². The molecule has 8 heteroatoms. The van der Waals surface area contributed by atoms with Crippen LogP contribution in [0.1, 0.15) is 28.9 Å². The first-order chi connectivity index (χ1) is 12.0. The standard InChI is InChI=1S/C17H22FN5O2/c1-10(13-5-12(18)3-4-15(13)25-2)20-6-11-7-21-17-14(16(19)24)8-22-23(17)9-11/h3-5,8,10-11,20-21H,6-7,9H2,1-2H3,(H2,19,24)/t10-,11+/m1/s1. The number of hydrogen-bond donors (Lipinski definition) is 3. The number of nitrogens with two attached hydrogens (primary N) is 1. The second-order valence-corrected chi connectivity index (χ2v) is 6.22. The van der Waals surface area contributed by atoms with Crippen molar-refractivity contribution in [1.82, 2.24) is 15.1 Å². The van der Waals surface area contributed by atoms with E-state index in [4.69, 9.17) is 10.5 Å². The highest BCUT2D eigenvalue weighted by atomic mass is 19.1. The van der Waals surface area contributed by atoms with Crippen LogP contribution in [0, 0.1) is 11.7 Å². The monoisotopic (exact) mass is 347 g/mol. The molecule has 1 aliphatic heterocycles. The van der Waals surface area contributed by atoms with Gasteiger partial charge in [-0.3, -0.25) is 4.79 Å². The van der Waals surface area contributed by atoms with Gasteiger partial charge in [-0.1, -0.05) is 0 Å². The molecule has 134 valence electrons. The zero-order valence-corrected chi connectivity index (χ0v) is 14.3. The summed E-state index contributed by atoms with van der Waals surface area (Å²) in [7, 11) is 1.57. The fourth-order valence-corrected chi connectivity index (χ4v) is 3.07. The van der Waals surface area contributed by atoms with Gasteiger partial charge in [0.1, 0.15) is 22.9 Å². The van der Waals surface area contributed by atoms with Gasteiger partial charge in [0, 0.05) is 37.2 Å². The van der Waals surface area contributed by atoms with Gasteiger partial charge in [0.2, 0.25) is 0 Å². The number of carbonyl (C=O) groups excluding carboxylic acids is 1. The van der Waals surface area contributed by atoms with Crippen molar-refractivity contribution in [3.8, 4) is 5.75 Å². The molecule has 1 aromatic heterocycles. The number of benzene rings is 1. The zero-order chi connectivity index (χ0) is 18.0. The highest BCUT2D eigenvalue weighted by Crippen LogP contribution is 2.26. The van der Waals surface area contributed by atoms with Gasteiger partial charge in [-0.2, -0.15) is 5.10 Å². The molecule has 25 heavy (non-hydrogen) atoms. The predicted molar refractivity (Wildman–Crippen MR) is 92.1 cm³/mol. The number of primary amides is 1. The number of halogens is 1. The van der Waals surface area contributed by atoms with Crippen LogP contribution in [0.25, 0.3) is 0 Å². The number of anilines is 1. The first-order valence-electron chi connectivity index (χ1n) is 8.16. The van der Waals surface area contributed by atoms with E-state index in [9.17, 15) is 9.18 Å². The molecule has 7 nitrogen and oxygen atoms in total. The molecule has 0 fully saturated rings. The number of ether oxygens (including phenoxy) is 1. The maximum absolute atomic E-state index is 13.5. The van der Waals surface area contributed by atoms with Crippen molar-refractivity contribution >= 4 is 11.7 Å². The minimum Gasteiger partial charge on any atom is -0.496 e. The van der Waals surface area contributed by atoms with Crippen LogP contribution in [0.2, 0.25) is 0 Å². The highest BCUT2D eigenvalue weighted by molar-refractivity contribution is 5.97. The number of aromatic nitrogens is 2. The van der Waals surface area contributed by atoms with Crippen molar-refractivity contribution in [3.63, 3.8) is 0 Å². The molecule has 0 spiro atoms. The maximum atomic E-state index is 13.5. The minimum absolute atomic E-state index is 0.0640. The Bertz CT molecular complexity index is 776. The van der Waals surface area contributed by atoms with Crippen LogP contribution in [0.5, 0.6) is 5.75 Å². The Morgan fingerprint density at radius 1 is 1.60 bits per heavy atom. The van der Waals surface area contributed by atoms with Gasteiger partial charge in [-0.25, -0.2) is 9.07 Å². The SMILES string of the molecule is COc1ccc(F)cc1[C@@H](C)NC[C@H]1CNc2c(C(N)=O)cnn2C1. The van der Waals surface area contributed by atoms with Crippen LogP contribution in [0.4, 0.5) is 10.2 Å². The van der Waals surface area contributed by atoms with Crippen LogP contribution in [-0.2, 0) is 6.54 Å². The summed E-state index contributed by atoms with van der Waals surface area (Å²) in [4.78, 5) is 11.3. The van der Waals surface area contributed by atoms with Gasteiger partial charge in [-0.05, 0) is 25.1 Å². The lowest BCUT2D eigenvalue weighted by Crippen LogP contribution is -2.36. The van der Waals surface area contributed by atoms with Gasteiger partial charge >= 0.3 is 0 Å². The largest absolute Gasteiger partial charge is 0.496 e. The lowest BCUT2D eigenvalue weighted by molar-refractivity contribution is 0.100. The molecule has 1 aromatic carbocycles. The predicted octanol–water partition coefficient (Wildman–Crippen LogP) is 1.52. The Hall–Kier alpha value is -2.61. The van der Waals surface area contributed by atoms with Crippen LogP contribution >= 0.6 is 0 Å². The Morgan fingerprint density at radius 2 is 2.40 bits per heavy atom. The van der Waals surface area contributed by atoms with Crippen molar-refractivity contribution in [2.24, 2.45) is 11.7 Å². The van der Waals surface area contributed by atoms with E-state index in [0.29, 0.717) is 36.8 Å². The van der Waals surface area contributed by atoms with Crippen LogP contribution in [0.15, 0.2) is 24.4 Å². The number of hydrogen-bond acceptors (Lipinski definition) is 5. The molecule has 1 aliphatic rings. The summed E-state index contributed by atoms with van der Waals surface area (Å²) in [5.74, 6) is 0.823. The van der Waals surface area contributed by atoms with Crippen molar-refractivity contribution in [2.45, 2.75) is 19.5 Å². The molecule has 1 amide bonds. The second kappa shape index (κ2) is 7.10. The first-order valence-corrected chi connectivity index (χ1v) is 8.16. The number of amides is 1. The molecule has 0 saturated heterocycles. The molecular formula is C17H22FN5O2. The zero-order valence-electron chi connectivity index (χ0n) is 14.3. The van der Waals surface area contributed by atoms with Gasteiger partial charge in [0.25, 0.3) is 5.91 Å². The fourth-order valence-electron chi connectivity index (χ4n) is 3.07. The third-order valence-corrected chi connectivity index (χ3v) is 4.47. The molecule has 4 N–H and O–H groups in total. The highest BCUT2D eigenvalue weighted by Gasteiger charge is 2.24. The summed E-state index contributed by atoms with van der Waals surface area (Å²) in [6, 6.07) is 4.44. The summed E-state index contributed by atoms with van der Waals surface area (Å²) in [5, 5.41) is 10.8. The van der Waals surface area contributed by atoms with Crippen molar-refractivity contribution in [1.29, 1.82) is 0 Å². The molecule has 2 heterocycles. The molecule has 2 aromatic rings. The normalized spacial score (nSPS) is 17.5. The molecule has 0 saturated carbocycles. The van der Waals surface area contributed by atoms with E-state index in [1.807, 2.05) is 6.92 Å². The van der Waals surface area contributed by atoms with E-state index < -0.39 is 5.91 Å². The third kappa shape index (κ3) is 3.58. The number of rotatable bonds is 6. The Kier molecular flexibility index (Phi) is 4.89. The number of nitrogens with one attached hydrogen (secondary N) is 2. The molecule has 3 rings (SSSR count). The van der Waals surface area contributed by atoms with Gasteiger partial charge in [-0.15, -0.1) is 0 Å². The summed E-state index contributed by atoms with van der Waals surface area (Å²) >= 11 is 0. The maximum Gasteiger partial charge on any atom is 0.254 e. The molecule has 0 unspecified atom stereocenters. The van der Waals surface area contributed by atoms with Crippen LogP contribution in [0.3, 0.4) is 0 Å². The average Bonchev–Trinajstić information content (AvgIpc) is 3.03. The molecule has 0 radical (unpaired) electrons.